The minimum atomic E-state index is -0.411. The van der Waals surface area contributed by atoms with Crippen LogP contribution in [0.15, 0.2) is 33.5 Å². The van der Waals surface area contributed by atoms with Gasteiger partial charge >= 0.3 is 5.76 Å². The van der Waals surface area contributed by atoms with E-state index in [1.165, 1.54) is 4.57 Å². The summed E-state index contributed by atoms with van der Waals surface area (Å²) in [5.41, 5.74) is 1.29. The zero-order valence-electron chi connectivity index (χ0n) is 13.4. The third-order valence-corrected chi connectivity index (χ3v) is 4.36. The molecule has 6 heteroatoms. The van der Waals surface area contributed by atoms with Gasteiger partial charge in [-0.3, -0.25) is 9.36 Å². The van der Waals surface area contributed by atoms with Crippen molar-refractivity contribution in [2.75, 3.05) is 26.3 Å². The monoisotopic (exact) mass is 318 g/mol. The number of aromatic nitrogens is 1. The van der Waals surface area contributed by atoms with E-state index >= 15 is 0 Å². The summed E-state index contributed by atoms with van der Waals surface area (Å²) in [5, 5.41) is 0. The highest BCUT2D eigenvalue weighted by molar-refractivity contribution is 5.77. The highest BCUT2D eigenvalue weighted by Crippen LogP contribution is 2.15. The van der Waals surface area contributed by atoms with E-state index in [1.54, 1.807) is 6.07 Å². The number of carbonyl (C=O) groups is 1. The second-order valence-electron chi connectivity index (χ2n) is 5.90. The van der Waals surface area contributed by atoms with Crippen molar-refractivity contribution >= 4 is 17.0 Å². The van der Waals surface area contributed by atoms with Crippen LogP contribution < -0.4 is 5.76 Å². The molecular weight excluding hydrogens is 296 g/mol. The number of aryl methyl sites for hydroxylation is 1. The molecule has 1 amide bonds. The molecule has 0 saturated carbocycles. The normalized spacial score (nSPS) is 17.7. The quantitative estimate of drug-likeness (QED) is 0.815. The lowest BCUT2D eigenvalue weighted by Crippen LogP contribution is -2.36. The fourth-order valence-corrected chi connectivity index (χ4v) is 3.04. The highest BCUT2D eigenvalue weighted by atomic mass is 16.5. The Morgan fingerprint density at radius 2 is 2.22 bits per heavy atom. The van der Waals surface area contributed by atoms with Crippen molar-refractivity contribution in [2.24, 2.45) is 5.92 Å². The van der Waals surface area contributed by atoms with Gasteiger partial charge in [-0.25, -0.2) is 4.79 Å². The van der Waals surface area contributed by atoms with E-state index in [4.69, 9.17) is 9.15 Å². The number of carbonyl (C=O) groups excluding carboxylic acids is 1. The van der Waals surface area contributed by atoms with Gasteiger partial charge in [0.15, 0.2) is 5.58 Å². The Labute approximate surface area is 134 Å². The van der Waals surface area contributed by atoms with Crippen LogP contribution in [0.25, 0.3) is 11.1 Å². The minimum absolute atomic E-state index is 0.0663. The van der Waals surface area contributed by atoms with E-state index in [2.05, 4.69) is 0 Å². The SMILES string of the molecule is CCN(C[C@@H]1CCOC1)C(=O)CCn1c(=O)oc2ccccc21. The van der Waals surface area contributed by atoms with Crippen molar-refractivity contribution in [1.29, 1.82) is 0 Å². The molecule has 0 aliphatic carbocycles. The van der Waals surface area contributed by atoms with E-state index in [0.717, 1.165) is 31.7 Å². The lowest BCUT2D eigenvalue weighted by atomic mass is 10.1. The maximum Gasteiger partial charge on any atom is 0.419 e. The molecule has 1 aliphatic rings. The topological polar surface area (TPSA) is 64.7 Å². The van der Waals surface area contributed by atoms with E-state index in [-0.39, 0.29) is 5.91 Å². The van der Waals surface area contributed by atoms with Gasteiger partial charge < -0.3 is 14.1 Å². The van der Waals surface area contributed by atoms with Crippen LogP contribution in [-0.2, 0) is 16.1 Å². The van der Waals surface area contributed by atoms with Gasteiger partial charge in [-0.05, 0) is 25.5 Å². The van der Waals surface area contributed by atoms with Crippen LogP contribution in [-0.4, -0.2) is 41.7 Å². The molecule has 1 aliphatic heterocycles. The van der Waals surface area contributed by atoms with Gasteiger partial charge in [0, 0.05) is 38.6 Å². The average molecular weight is 318 g/mol. The number of benzene rings is 1. The Hall–Kier alpha value is -2.08. The molecule has 0 N–H and O–H groups in total. The van der Waals surface area contributed by atoms with Crippen molar-refractivity contribution in [2.45, 2.75) is 26.3 Å². The molecule has 2 heterocycles. The van der Waals surface area contributed by atoms with Gasteiger partial charge in [-0.1, -0.05) is 12.1 Å². The summed E-state index contributed by atoms with van der Waals surface area (Å²) in [5.74, 6) is 0.0826. The van der Waals surface area contributed by atoms with Gasteiger partial charge in [-0.15, -0.1) is 0 Å². The number of hydrogen-bond acceptors (Lipinski definition) is 4. The largest absolute Gasteiger partial charge is 0.419 e. The van der Waals surface area contributed by atoms with Crippen molar-refractivity contribution < 1.29 is 13.9 Å². The molecular formula is C17H22N2O4. The molecule has 1 fully saturated rings. The van der Waals surface area contributed by atoms with Crippen molar-refractivity contribution in [3.63, 3.8) is 0 Å². The van der Waals surface area contributed by atoms with Gasteiger partial charge in [0.05, 0.1) is 12.1 Å². The second kappa shape index (κ2) is 7.00. The smallest absolute Gasteiger partial charge is 0.408 e. The van der Waals surface area contributed by atoms with E-state index < -0.39 is 5.76 Å². The summed E-state index contributed by atoms with van der Waals surface area (Å²) in [4.78, 5) is 26.2. The number of para-hydroxylation sites is 2. The van der Waals surface area contributed by atoms with Crippen molar-refractivity contribution in [3.05, 3.63) is 34.8 Å². The van der Waals surface area contributed by atoms with Crippen molar-refractivity contribution in [1.82, 2.24) is 9.47 Å². The van der Waals surface area contributed by atoms with Gasteiger partial charge in [0.1, 0.15) is 0 Å². The molecule has 124 valence electrons. The minimum Gasteiger partial charge on any atom is -0.408 e. The standard InChI is InChI=1S/C17H22N2O4/c1-2-18(11-13-8-10-22-12-13)16(20)7-9-19-14-5-3-4-6-15(14)23-17(19)21/h3-6,13H,2,7-12H2,1H3/t13-/m0/s1. The van der Waals surface area contributed by atoms with Gasteiger partial charge in [0.2, 0.25) is 5.91 Å². The summed E-state index contributed by atoms with van der Waals surface area (Å²) in [6.07, 6.45) is 1.31. The number of fused-ring (bicyclic) bond motifs is 1. The molecule has 23 heavy (non-hydrogen) atoms. The zero-order valence-corrected chi connectivity index (χ0v) is 13.4. The molecule has 0 bridgehead atoms. The van der Waals surface area contributed by atoms with Crippen LogP contribution in [0.4, 0.5) is 0 Å². The first kappa shape index (κ1) is 15.8. The van der Waals surface area contributed by atoms with E-state index in [9.17, 15) is 9.59 Å². The van der Waals surface area contributed by atoms with Crippen LogP contribution in [0.3, 0.4) is 0 Å². The van der Waals surface area contributed by atoms with Crippen molar-refractivity contribution in [3.8, 4) is 0 Å². The first-order chi connectivity index (χ1) is 11.2. The van der Waals surface area contributed by atoms with E-state index in [0.29, 0.717) is 31.0 Å². The summed E-state index contributed by atoms with van der Waals surface area (Å²) in [6.45, 7) is 5.24. The molecule has 0 unspecified atom stereocenters. The molecule has 2 aromatic rings. The second-order valence-corrected chi connectivity index (χ2v) is 5.90. The Balaban J connectivity index is 1.64. The molecule has 1 aromatic carbocycles. The maximum atomic E-state index is 12.4. The van der Waals surface area contributed by atoms with Crippen LogP contribution in [0, 0.1) is 5.92 Å². The number of hydrogen-bond donors (Lipinski definition) is 0. The fourth-order valence-electron chi connectivity index (χ4n) is 3.04. The Morgan fingerprint density at radius 1 is 1.39 bits per heavy atom. The first-order valence-corrected chi connectivity index (χ1v) is 8.13. The third kappa shape index (κ3) is 3.47. The highest BCUT2D eigenvalue weighted by Gasteiger charge is 2.21. The Kier molecular flexibility index (Phi) is 4.81. The molecule has 3 rings (SSSR count). The molecule has 0 spiro atoms. The van der Waals surface area contributed by atoms with Crippen LogP contribution in [0.2, 0.25) is 0 Å². The number of oxazole rings is 1. The Morgan fingerprint density at radius 3 is 2.96 bits per heavy atom. The molecule has 1 aromatic heterocycles. The predicted octanol–water partition coefficient (Wildman–Crippen LogP) is 1.87. The summed E-state index contributed by atoms with van der Waals surface area (Å²) < 4.78 is 12.1. The van der Waals surface area contributed by atoms with Gasteiger partial charge in [-0.2, -0.15) is 0 Å². The summed E-state index contributed by atoms with van der Waals surface area (Å²) >= 11 is 0. The fraction of sp³-hybridized carbons (Fsp3) is 0.529. The number of amides is 1. The lowest BCUT2D eigenvalue weighted by molar-refractivity contribution is -0.131. The maximum absolute atomic E-state index is 12.4. The van der Waals surface area contributed by atoms with Crippen LogP contribution >= 0.6 is 0 Å². The van der Waals surface area contributed by atoms with Crippen LogP contribution in [0.5, 0.6) is 0 Å². The number of nitrogens with zero attached hydrogens (tertiary/aromatic N) is 2. The molecule has 1 atom stereocenters. The summed E-state index contributed by atoms with van der Waals surface area (Å²) in [6, 6.07) is 7.27. The zero-order chi connectivity index (χ0) is 16.2. The van der Waals surface area contributed by atoms with Crippen LogP contribution in [0.1, 0.15) is 19.8 Å². The Bertz CT molecular complexity index is 728. The molecule has 6 nitrogen and oxygen atoms in total. The number of rotatable bonds is 6. The predicted molar refractivity (Wildman–Crippen MR) is 86.3 cm³/mol. The third-order valence-electron chi connectivity index (χ3n) is 4.36. The number of ether oxygens (including phenoxy) is 1. The average Bonchev–Trinajstić information content (AvgIpc) is 3.17. The van der Waals surface area contributed by atoms with Gasteiger partial charge in [0.25, 0.3) is 0 Å². The first-order valence-electron chi connectivity index (χ1n) is 8.13. The lowest BCUT2D eigenvalue weighted by Gasteiger charge is -2.23. The molecule has 0 radical (unpaired) electrons. The van der Waals surface area contributed by atoms with E-state index in [1.807, 2.05) is 30.0 Å². The molecule has 1 saturated heterocycles. The summed E-state index contributed by atoms with van der Waals surface area (Å²) in [7, 11) is 0.